The average Bonchev–Trinajstić information content (AvgIpc) is 2.41. The van der Waals surface area contributed by atoms with Crippen LogP contribution in [0.15, 0.2) is 53.4 Å². The summed E-state index contributed by atoms with van der Waals surface area (Å²) < 4.78 is 13.6. The lowest BCUT2D eigenvalue weighted by Crippen LogP contribution is -1.92. The van der Waals surface area contributed by atoms with E-state index >= 15 is 0 Å². The second kappa shape index (κ2) is 6.57. The molecule has 0 spiro atoms. The molecule has 0 bridgehead atoms. The van der Waals surface area contributed by atoms with Gasteiger partial charge in [0.1, 0.15) is 5.82 Å². The van der Waals surface area contributed by atoms with E-state index in [4.69, 9.17) is 5.11 Å². The molecule has 0 heterocycles. The topological polar surface area (TPSA) is 20.2 Å². The van der Waals surface area contributed by atoms with Crippen LogP contribution in [0.3, 0.4) is 0 Å². The maximum absolute atomic E-state index is 13.6. The molecular formula is C15H15FOS. The van der Waals surface area contributed by atoms with Crippen LogP contribution in [0.1, 0.15) is 11.1 Å². The molecule has 0 fully saturated rings. The molecule has 0 aliphatic heterocycles. The summed E-state index contributed by atoms with van der Waals surface area (Å²) in [5, 5.41) is 8.89. The summed E-state index contributed by atoms with van der Waals surface area (Å²) in [6, 6.07) is 15.0. The summed E-state index contributed by atoms with van der Waals surface area (Å²) in [6.07, 6.45) is 0.569. The number of rotatable bonds is 5. The van der Waals surface area contributed by atoms with Crippen molar-refractivity contribution >= 4 is 11.8 Å². The van der Waals surface area contributed by atoms with Gasteiger partial charge in [0.2, 0.25) is 0 Å². The molecule has 0 aromatic heterocycles. The van der Waals surface area contributed by atoms with Gasteiger partial charge < -0.3 is 5.11 Å². The lowest BCUT2D eigenvalue weighted by Gasteiger charge is -2.06. The van der Waals surface area contributed by atoms with Crippen molar-refractivity contribution in [2.45, 2.75) is 17.1 Å². The number of thioether (sulfide) groups is 1. The summed E-state index contributed by atoms with van der Waals surface area (Å²) in [5.41, 5.74) is 2.14. The first-order valence-corrected chi connectivity index (χ1v) is 6.84. The van der Waals surface area contributed by atoms with Crippen LogP contribution in [-0.4, -0.2) is 11.7 Å². The van der Waals surface area contributed by atoms with Crippen molar-refractivity contribution in [1.29, 1.82) is 0 Å². The molecule has 0 unspecified atom stereocenters. The first kappa shape index (κ1) is 13.1. The molecule has 0 saturated heterocycles. The molecular weight excluding hydrogens is 247 g/mol. The maximum atomic E-state index is 13.6. The molecule has 0 radical (unpaired) electrons. The molecule has 3 heteroatoms. The van der Waals surface area contributed by atoms with Crippen LogP contribution in [-0.2, 0) is 12.2 Å². The highest BCUT2D eigenvalue weighted by Crippen LogP contribution is 2.26. The molecule has 94 valence electrons. The van der Waals surface area contributed by atoms with Crippen molar-refractivity contribution in [2.75, 3.05) is 6.61 Å². The van der Waals surface area contributed by atoms with Gasteiger partial charge >= 0.3 is 0 Å². The lowest BCUT2D eigenvalue weighted by atomic mass is 10.2. The second-order valence-electron chi connectivity index (χ2n) is 4.01. The highest BCUT2D eigenvalue weighted by molar-refractivity contribution is 7.98. The van der Waals surface area contributed by atoms with Crippen LogP contribution < -0.4 is 0 Å². The van der Waals surface area contributed by atoms with Gasteiger partial charge in [-0.25, -0.2) is 4.39 Å². The van der Waals surface area contributed by atoms with Crippen molar-refractivity contribution in [2.24, 2.45) is 0 Å². The van der Waals surface area contributed by atoms with Crippen LogP contribution in [0.25, 0.3) is 0 Å². The Labute approximate surface area is 111 Å². The molecule has 0 aliphatic rings. The van der Waals surface area contributed by atoms with Crippen LogP contribution in [0.5, 0.6) is 0 Å². The Bertz CT molecular complexity index is 499. The molecule has 1 N–H and O–H groups in total. The highest BCUT2D eigenvalue weighted by Gasteiger charge is 2.04. The van der Waals surface area contributed by atoms with Crippen molar-refractivity contribution in [3.05, 3.63) is 65.5 Å². The first-order valence-electron chi connectivity index (χ1n) is 5.85. The first-order chi connectivity index (χ1) is 8.79. The molecule has 0 saturated carbocycles. The second-order valence-corrected chi connectivity index (χ2v) is 5.03. The minimum atomic E-state index is -0.197. The van der Waals surface area contributed by atoms with Gasteiger partial charge in [-0.3, -0.25) is 0 Å². The third-order valence-corrected chi connectivity index (χ3v) is 3.73. The zero-order chi connectivity index (χ0) is 12.8. The van der Waals surface area contributed by atoms with Crippen molar-refractivity contribution < 1.29 is 9.50 Å². The van der Waals surface area contributed by atoms with Gasteiger partial charge in [-0.1, -0.05) is 36.4 Å². The van der Waals surface area contributed by atoms with Gasteiger partial charge in [-0.2, -0.15) is 0 Å². The number of hydrogen-bond donors (Lipinski definition) is 1. The van der Waals surface area contributed by atoms with Gasteiger partial charge in [0.15, 0.2) is 0 Å². The van der Waals surface area contributed by atoms with Gasteiger partial charge in [0.05, 0.1) is 0 Å². The van der Waals surface area contributed by atoms with Gasteiger partial charge in [-0.15, -0.1) is 11.8 Å². The predicted molar refractivity (Wildman–Crippen MR) is 73.2 cm³/mol. The van der Waals surface area contributed by atoms with Gasteiger partial charge in [0, 0.05) is 17.3 Å². The van der Waals surface area contributed by atoms with Crippen molar-refractivity contribution in [1.82, 2.24) is 0 Å². The molecule has 18 heavy (non-hydrogen) atoms. The summed E-state index contributed by atoms with van der Waals surface area (Å²) in [4.78, 5) is 0.643. The summed E-state index contributed by atoms with van der Waals surface area (Å²) in [7, 11) is 0. The fourth-order valence-electron chi connectivity index (χ4n) is 1.68. The van der Waals surface area contributed by atoms with E-state index in [0.717, 1.165) is 11.3 Å². The van der Waals surface area contributed by atoms with E-state index in [9.17, 15) is 4.39 Å². The predicted octanol–water partition coefficient (Wildman–Crippen LogP) is 3.65. The molecule has 0 aliphatic carbocycles. The zero-order valence-electron chi connectivity index (χ0n) is 9.97. The van der Waals surface area contributed by atoms with Crippen molar-refractivity contribution in [3.63, 3.8) is 0 Å². The molecule has 0 atom stereocenters. The summed E-state index contributed by atoms with van der Waals surface area (Å²) >= 11 is 1.48. The fourth-order valence-corrected chi connectivity index (χ4v) is 2.63. The monoisotopic (exact) mass is 262 g/mol. The average molecular weight is 262 g/mol. The third kappa shape index (κ3) is 3.59. The van der Waals surface area contributed by atoms with Crippen molar-refractivity contribution in [3.8, 4) is 0 Å². The van der Waals surface area contributed by atoms with E-state index in [1.807, 2.05) is 36.4 Å². The lowest BCUT2D eigenvalue weighted by molar-refractivity contribution is 0.299. The van der Waals surface area contributed by atoms with Crippen LogP contribution in [0.4, 0.5) is 4.39 Å². The molecule has 2 aromatic rings. The Morgan fingerprint density at radius 1 is 1.00 bits per heavy atom. The quantitative estimate of drug-likeness (QED) is 0.830. The number of benzene rings is 2. The smallest absolute Gasteiger partial charge is 0.136 e. The Hall–Kier alpha value is -1.32. The number of hydrogen-bond acceptors (Lipinski definition) is 2. The molecule has 2 aromatic carbocycles. The fraction of sp³-hybridized carbons (Fsp3) is 0.200. The van der Waals surface area contributed by atoms with Gasteiger partial charge in [-0.05, 0) is 29.7 Å². The standard InChI is InChI=1S/C15H15FOS/c16-14-7-6-12(8-9-17)10-15(14)18-11-13-4-2-1-3-5-13/h1-7,10,17H,8-9,11H2. The van der Waals surface area contributed by atoms with E-state index in [1.165, 1.54) is 23.4 Å². The van der Waals surface area contributed by atoms with Crippen LogP contribution in [0.2, 0.25) is 0 Å². The minimum Gasteiger partial charge on any atom is -0.396 e. The highest BCUT2D eigenvalue weighted by atomic mass is 32.2. The minimum absolute atomic E-state index is 0.0917. The van der Waals surface area contributed by atoms with E-state index in [1.54, 1.807) is 6.07 Å². The molecule has 1 nitrogen and oxygen atoms in total. The number of aliphatic hydroxyl groups excluding tert-OH is 1. The van der Waals surface area contributed by atoms with Crippen LogP contribution in [0, 0.1) is 5.82 Å². The number of aliphatic hydroxyl groups is 1. The Morgan fingerprint density at radius 2 is 1.78 bits per heavy atom. The third-order valence-electron chi connectivity index (χ3n) is 2.63. The zero-order valence-corrected chi connectivity index (χ0v) is 10.8. The summed E-state index contributed by atoms with van der Waals surface area (Å²) in [5.74, 6) is 0.554. The Balaban J connectivity index is 2.06. The van der Waals surface area contributed by atoms with E-state index in [0.29, 0.717) is 11.3 Å². The normalized spacial score (nSPS) is 10.6. The van der Waals surface area contributed by atoms with E-state index in [-0.39, 0.29) is 12.4 Å². The largest absolute Gasteiger partial charge is 0.396 e. The molecule has 2 rings (SSSR count). The Kier molecular flexibility index (Phi) is 4.79. The maximum Gasteiger partial charge on any atom is 0.136 e. The SMILES string of the molecule is OCCc1ccc(F)c(SCc2ccccc2)c1. The van der Waals surface area contributed by atoms with Crippen LogP contribution >= 0.6 is 11.8 Å². The Morgan fingerprint density at radius 3 is 2.50 bits per heavy atom. The molecule has 0 amide bonds. The number of halogens is 1. The van der Waals surface area contributed by atoms with Gasteiger partial charge in [0.25, 0.3) is 0 Å². The summed E-state index contributed by atoms with van der Waals surface area (Å²) in [6.45, 7) is 0.0917. The van der Waals surface area contributed by atoms with E-state index in [2.05, 4.69) is 0 Å². The van der Waals surface area contributed by atoms with E-state index < -0.39 is 0 Å².